The molecule has 0 radical (unpaired) electrons. The van der Waals surface area contributed by atoms with E-state index in [4.69, 9.17) is 4.74 Å². The third kappa shape index (κ3) is 3.19. The zero-order valence-electron chi connectivity index (χ0n) is 19.8. The van der Waals surface area contributed by atoms with Crippen LogP contribution in [0.2, 0.25) is 0 Å². The Kier molecular flexibility index (Phi) is 4.93. The van der Waals surface area contributed by atoms with Crippen LogP contribution in [0.4, 0.5) is 0 Å². The number of hydrogen-bond acceptors (Lipinski definition) is 7. The lowest BCUT2D eigenvalue weighted by Crippen LogP contribution is -2.25. The molecule has 35 heavy (non-hydrogen) atoms. The minimum atomic E-state index is -1.11. The van der Waals surface area contributed by atoms with E-state index in [1.165, 1.54) is 16.5 Å². The Labute approximate surface area is 198 Å². The Balaban J connectivity index is 1.92. The van der Waals surface area contributed by atoms with Gasteiger partial charge in [-0.2, -0.15) is 10.2 Å². The second-order valence-corrected chi connectivity index (χ2v) is 8.50. The van der Waals surface area contributed by atoms with E-state index < -0.39 is 17.0 Å². The number of benzene rings is 1. The topological polar surface area (TPSA) is 151 Å². The molecule has 11 heteroatoms. The second kappa shape index (κ2) is 7.76. The molecule has 180 valence electrons. The minimum absolute atomic E-state index is 0.0829. The number of fused-ring (bicyclic) bond motifs is 2. The lowest BCUT2D eigenvalue weighted by atomic mass is 9.84. The van der Waals surface area contributed by atoms with Crippen molar-refractivity contribution in [2.45, 2.75) is 19.8 Å². The zero-order chi connectivity index (χ0) is 25.2. The first-order chi connectivity index (χ1) is 16.6. The number of H-pyrrole nitrogens is 2. The number of methoxy groups -OCH3 is 1. The summed E-state index contributed by atoms with van der Waals surface area (Å²) in [6, 6.07) is 6.73. The highest BCUT2D eigenvalue weighted by Crippen LogP contribution is 2.42. The van der Waals surface area contributed by atoms with E-state index in [2.05, 4.69) is 20.2 Å². The van der Waals surface area contributed by atoms with E-state index in [9.17, 15) is 19.8 Å². The summed E-state index contributed by atoms with van der Waals surface area (Å²) in [5, 5.41) is 32.0. The fourth-order valence-corrected chi connectivity index (χ4v) is 4.81. The predicted molar refractivity (Wildman–Crippen MR) is 129 cm³/mol. The molecule has 0 aliphatic heterocycles. The van der Waals surface area contributed by atoms with E-state index in [1.54, 1.807) is 52.2 Å². The van der Waals surface area contributed by atoms with E-state index in [-0.39, 0.29) is 22.6 Å². The number of hydrogen-bond donors (Lipinski definition) is 4. The third-order valence-corrected chi connectivity index (χ3v) is 6.41. The van der Waals surface area contributed by atoms with Crippen LogP contribution in [0.1, 0.15) is 34.0 Å². The Hall–Kier alpha value is -4.54. The molecule has 4 aromatic heterocycles. The number of ether oxygens (including phenoxy) is 1. The fraction of sp³-hybridized carbons (Fsp3) is 0.250. The highest BCUT2D eigenvalue weighted by Gasteiger charge is 2.32. The van der Waals surface area contributed by atoms with Crippen LogP contribution in [0.15, 0.2) is 33.9 Å². The van der Waals surface area contributed by atoms with Gasteiger partial charge in [-0.15, -0.1) is 0 Å². The average Bonchev–Trinajstić information content (AvgIpc) is 3.26. The van der Waals surface area contributed by atoms with Crippen molar-refractivity contribution >= 4 is 22.1 Å². The number of nitrogens with zero attached hydrogens (tertiary/aromatic N) is 4. The maximum Gasteiger partial charge on any atom is 0.257 e. The monoisotopic (exact) mass is 476 g/mol. The highest BCUT2D eigenvalue weighted by atomic mass is 16.5. The largest absolute Gasteiger partial charge is 0.507 e. The van der Waals surface area contributed by atoms with Gasteiger partial charge in [0.25, 0.3) is 11.1 Å². The van der Waals surface area contributed by atoms with Crippen LogP contribution < -0.4 is 15.9 Å². The van der Waals surface area contributed by atoms with Crippen molar-refractivity contribution in [1.29, 1.82) is 0 Å². The summed E-state index contributed by atoms with van der Waals surface area (Å²) in [6.45, 7) is 3.42. The van der Waals surface area contributed by atoms with Gasteiger partial charge in [0.2, 0.25) is 0 Å². The van der Waals surface area contributed by atoms with Gasteiger partial charge >= 0.3 is 0 Å². The molecule has 0 bridgehead atoms. The van der Waals surface area contributed by atoms with Gasteiger partial charge in [-0.3, -0.25) is 19.0 Å². The van der Waals surface area contributed by atoms with E-state index >= 15 is 0 Å². The quantitative estimate of drug-likeness (QED) is 0.310. The molecule has 0 amide bonds. The Morgan fingerprint density at radius 3 is 1.66 bits per heavy atom. The van der Waals surface area contributed by atoms with Crippen LogP contribution in [0, 0.1) is 13.8 Å². The molecule has 4 N–H and O–H groups in total. The van der Waals surface area contributed by atoms with Gasteiger partial charge in [-0.1, -0.05) is 12.1 Å². The molecular formula is C24H24N6O5. The molecule has 0 saturated carbocycles. The van der Waals surface area contributed by atoms with Crippen molar-refractivity contribution in [1.82, 2.24) is 29.5 Å². The normalized spacial score (nSPS) is 11.7. The maximum absolute atomic E-state index is 13.4. The van der Waals surface area contributed by atoms with Gasteiger partial charge < -0.3 is 24.9 Å². The SMILES string of the molecule is COc1ccc(C(c2c(O)c3c(C)nn(C)c3[nH]c2=O)c2c(O)c3c(C)nn(C)c3[nH]c2=O)cc1. The maximum atomic E-state index is 13.4. The molecule has 1 aromatic carbocycles. The lowest BCUT2D eigenvalue weighted by molar-refractivity contribution is 0.414. The molecule has 0 spiro atoms. The summed E-state index contributed by atoms with van der Waals surface area (Å²) < 4.78 is 8.18. The van der Waals surface area contributed by atoms with Crippen LogP contribution in [-0.4, -0.2) is 46.9 Å². The van der Waals surface area contributed by atoms with Crippen LogP contribution in [0.5, 0.6) is 17.2 Å². The van der Waals surface area contributed by atoms with Crippen molar-refractivity contribution < 1.29 is 14.9 Å². The molecule has 0 fully saturated rings. The number of aromatic hydroxyl groups is 2. The summed E-state index contributed by atoms with van der Waals surface area (Å²) in [6.07, 6.45) is 0. The molecule has 5 aromatic rings. The zero-order valence-corrected chi connectivity index (χ0v) is 19.8. The number of rotatable bonds is 4. The van der Waals surface area contributed by atoms with E-state index in [0.717, 1.165) is 0 Å². The summed E-state index contributed by atoms with van der Waals surface area (Å²) in [7, 11) is 4.83. The molecule has 0 aliphatic carbocycles. The molecular weight excluding hydrogens is 452 g/mol. The summed E-state index contributed by atoms with van der Waals surface area (Å²) in [5.41, 5.74) is 0.805. The van der Waals surface area contributed by atoms with Gasteiger partial charge in [0, 0.05) is 14.1 Å². The van der Waals surface area contributed by atoms with Crippen molar-refractivity contribution in [3.05, 3.63) is 73.1 Å². The third-order valence-electron chi connectivity index (χ3n) is 6.41. The Morgan fingerprint density at radius 1 is 0.829 bits per heavy atom. The molecule has 0 saturated heterocycles. The molecule has 0 aliphatic rings. The van der Waals surface area contributed by atoms with Gasteiger partial charge in [-0.25, -0.2) is 0 Å². The number of aromatic nitrogens is 6. The molecule has 0 atom stereocenters. The number of nitrogens with one attached hydrogen (secondary N) is 2. The molecule has 4 heterocycles. The number of aromatic amines is 2. The summed E-state index contributed by atoms with van der Waals surface area (Å²) in [4.78, 5) is 32.3. The van der Waals surface area contributed by atoms with Gasteiger partial charge in [-0.05, 0) is 31.5 Å². The average molecular weight is 476 g/mol. The van der Waals surface area contributed by atoms with Gasteiger partial charge in [0.1, 0.15) is 28.5 Å². The predicted octanol–water partition coefficient (Wildman–Crippen LogP) is 2.05. The number of aryl methyl sites for hydroxylation is 4. The summed E-state index contributed by atoms with van der Waals surface area (Å²) >= 11 is 0. The fourth-order valence-electron chi connectivity index (χ4n) is 4.81. The van der Waals surface area contributed by atoms with E-state index in [0.29, 0.717) is 44.8 Å². The van der Waals surface area contributed by atoms with Crippen LogP contribution in [0.25, 0.3) is 22.1 Å². The first kappa shape index (κ1) is 22.3. The standard InChI is InChI=1S/C24H24N6O5/c1-10-14-19(31)17(23(33)25-21(14)29(3)27-10)16(12-6-8-13(35-5)9-7-12)18-20(32)15-11(2)28-30(4)22(15)26-24(18)34/h6-9,16H,1-5H3,(H2,25,31,33)(H2,26,32,34). The lowest BCUT2D eigenvalue weighted by Gasteiger charge is -2.20. The van der Waals surface area contributed by atoms with Crippen molar-refractivity contribution in [2.24, 2.45) is 14.1 Å². The number of pyridine rings is 2. The van der Waals surface area contributed by atoms with Gasteiger partial charge in [0.05, 0.1) is 46.3 Å². The summed E-state index contributed by atoms with van der Waals surface area (Å²) in [5.74, 6) is -1.16. The van der Waals surface area contributed by atoms with Crippen LogP contribution >= 0.6 is 0 Å². The van der Waals surface area contributed by atoms with Crippen molar-refractivity contribution in [3.63, 3.8) is 0 Å². The van der Waals surface area contributed by atoms with Crippen LogP contribution in [0.3, 0.4) is 0 Å². The van der Waals surface area contributed by atoms with Crippen LogP contribution in [-0.2, 0) is 14.1 Å². The van der Waals surface area contributed by atoms with Crippen molar-refractivity contribution in [3.8, 4) is 17.2 Å². The highest BCUT2D eigenvalue weighted by molar-refractivity contribution is 5.88. The molecule has 11 nitrogen and oxygen atoms in total. The Bertz CT molecular complexity index is 1630. The van der Waals surface area contributed by atoms with Crippen molar-refractivity contribution in [2.75, 3.05) is 7.11 Å². The first-order valence-corrected chi connectivity index (χ1v) is 10.8. The Morgan fingerprint density at radius 2 is 1.26 bits per heavy atom. The minimum Gasteiger partial charge on any atom is -0.507 e. The first-order valence-electron chi connectivity index (χ1n) is 10.8. The van der Waals surface area contributed by atoms with E-state index in [1.807, 2.05) is 0 Å². The second-order valence-electron chi connectivity index (χ2n) is 8.50. The smallest absolute Gasteiger partial charge is 0.257 e. The molecule has 5 rings (SSSR count). The van der Waals surface area contributed by atoms with Gasteiger partial charge in [0.15, 0.2) is 0 Å². The molecule has 0 unspecified atom stereocenters.